The third-order valence-electron chi connectivity index (χ3n) is 2.48. The third kappa shape index (κ3) is 2.66. The first-order chi connectivity index (χ1) is 5.34. The van der Waals surface area contributed by atoms with Gasteiger partial charge in [0.15, 0.2) is 0 Å². The van der Waals surface area contributed by atoms with Crippen LogP contribution in [0.15, 0.2) is 12.2 Å². The Hall–Kier alpha value is -0.300. The molecule has 0 amide bonds. The summed E-state index contributed by atoms with van der Waals surface area (Å²) >= 11 is 0. The smallest absolute Gasteiger partial charge is 0.0127 e. The summed E-state index contributed by atoms with van der Waals surface area (Å²) in [5, 5.41) is 0. The van der Waals surface area contributed by atoms with Gasteiger partial charge in [-0.2, -0.15) is 0 Å². The topological polar surface area (TPSA) is 3.24 Å². The van der Waals surface area contributed by atoms with Crippen LogP contribution in [0.4, 0.5) is 0 Å². The molecule has 1 nitrogen and oxygen atoms in total. The molecule has 1 fully saturated rings. The summed E-state index contributed by atoms with van der Waals surface area (Å²) in [5.74, 6) is 0. The first-order valence-corrected chi connectivity index (χ1v) is 4.70. The van der Waals surface area contributed by atoms with Gasteiger partial charge in [-0.15, -0.1) is 0 Å². The molecule has 0 spiro atoms. The van der Waals surface area contributed by atoms with Gasteiger partial charge >= 0.3 is 0 Å². The van der Waals surface area contributed by atoms with E-state index in [0.717, 1.165) is 6.04 Å². The molecule has 64 valence electrons. The van der Waals surface area contributed by atoms with E-state index in [2.05, 4.69) is 31.0 Å². The molecule has 0 N–H and O–H groups in total. The van der Waals surface area contributed by atoms with E-state index in [1.165, 1.54) is 32.2 Å². The van der Waals surface area contributed by atoms with Gasteiger partial charge in [0.2, 0.25) is 0 Å². The summed E-state index contributed by atoms with van der Waals surface area (Å²) in [6.45, 7) is 3.49. The number of hydrogen-bond donors (Lipinski definition) is 0. The van der Waals surface area contributed by atoms with Gasteiger partial charge in [-0.3, -0.25) is 0 Å². The second-order valence-electron chi connectivity index (χ2n) is 3.39. The fourth-order valence-electron chi connectivity index (χ4n) is 1.70. The van der Waals surface area contributed by atoms with E-state index in [4.69, 9.17) is 0 Å². The van der Waals surface area contributed by atoms with Crippen LogP contribution < -0.4 is 0 Å². The summed E-state index contributed by atoms with van der Waals surface area (Å²) in [7, 11) is 2.23. The Morgan fingerprint density at radius 2 is 2.27 bits per heavy atom. The van der Waals surface area contributed by atoms with Crippen molar-refractivity contribution >= 4 is 0 Å². The lowest BCUT2D eigenvalue weighted by molar-refractivity contribution is 0.312. The summed E-state index contributed by atoms with van der Waals surface area (Å²) in [4.78, 5) is 2.47. The Morgan fingerprint density at radius 1 is 1.45 bits per heavy atom. The standard InChI is InChI=1S/C10H19N/c1-3-4-5-7-10-8-6-9-11(10)2/h4-5,10H,3,6-9H2,1-2H3/b5-4-. The van der Waals surface area contributed by atoms with Gasteiger partial charge in [-0.25, -0.2) is 0 Å². The predicted octanol–water partition coefficient (Wildman–Crippen LogP) is 2.44. The van der Waals surface area contributed by atoms with Gasteiger partial charge in [0.25, 0.3) is 0 Å². The highest BCUT2D eigenvalue weighted by atomic mass is 15.1. The molecule has 0 bridgehead atoms. The second-order valence-corrected chi connectivity index (χ2v) is 3.39. The van der Waals surface area contributed by atoms with Crippen LogP contribution in [-0.4, -0.2) is 24.5 Å². The first kappa shape index (κ1) is 8.79. The highest BCUT2D eigenvalue weighted by Gasteiger charge is 2.18. The summed E-state index contributed by atoms with van der Waals surface area (Å²) in [5.41, 5.74) is 0. The molecule has 1 heteroatoms. The number of rotatable bonds is 3. The van der Waals surface area contributed by atoms with E-state index in [0.29, 0.717) is 0 Å². The maximum absolute atomic E-state index is 2.47. The van der Waals surface area contributed by atoms with Crippen molar-refractivity contribution in [3.05, 3.63) is 12.2 Å². The van der Waals surface area contributed by atoms with Crippen LogP contribution in [0.5, 0.6) is 0 Å². The molecular formula is C10H19N. The molecule has 1 heterocycles. The van der Waals surface area contributed by atoms with E-state index >= 15 is 0 Å². The molecule has 1 unspecified atom stereocenters. The average molecular weight is 153 g/mol. The Morgan fingerprint density at radius 3 is 2.82 bits per heavy atom. The van der Waals surface area contributed by atoms with E-state index in [9.17, 15) is 0 Å². The predicted molar refractivity (Wildman–Crippen MR) is 49.7 cm³/mol. The Labute approximate surface area is 70.1 Å². The van der Waals surface area contributed by atoms with Crippen molar-refractivity contribution in [3.63, 3.8) is 0 Å². The van der Waals surface area contributed by atoms with Crippen LogP contribution in [0.1, 0.15) is 32.6 Å². The minimum Gasteiger partial charge on any atom is -0.303 e. The number of allylic oxidation sites excluding steroid dienone is 1. The minimum atomic E-state index is 0.831. The van der Waals surface area contributed by atoms with E-state index in [1.54, 1.807) is 0 Å². The Kier molecular flexibility index (Phi) is 3.64. The SMILES string of the molecule is CC/C=C\CC1CCCN1C. The highest BCUT2D eigenvalue weighted by molar-refractivity contribution is 4.88. The summed E-state index contributed by atoms with van der Waals surface area (Å²) in [6.07, 6.45) is 9.81. The van der Waals surface area contributed by atoms with Crippen molar-refractivity contribution < 1.29 is 0 Å². The molecule has 1 saturated heterocycles. The van der Waals surface area contributed by atoms with Gasteiger partial charge in [0, 0.05) is 6.04 Å². The molecule has 0 aromatic rings. The lowest BCUT2D eigenvalue weighted by atomic mass is 10.1. The molecule has 11 heavy (non-hydrogen) atoms. The average Bonchev–Trinajstić information content (AvgIpc) is 2.37. The number of likely N-dealkylation sites (tertiary alicyclic amines) is 1. The van der Waals surface area contributed by atoms with Crippen LogP contribution in [0.25, 0.3) is 0 Å². The van der Waals surface area contributed by atoms with Gasteiger partial charge in [0.1, 0.15) is 0 Å². The van der Waals surface area contributed by atoms with Crippen molar-refractivity contribution in [1.82, 2.24) is 4.90 Å². The van der Waals surface area contributed by atoms with Crippen LogP contribution in [0.2, 0.25) is 0 Å². The summed E-state index contributed by atoms with van der Waals surface area (Å²) in [6, 6.07) is 0.831. The van der Waals surface area contributed by atoms with Crippen LogP contribution in [-0.2, 0) is 0 Å². The van der Waals surface area contributed by atoms with Crippen molar-refractivity contribution in [1.29, 1.82) is 0 Å². The largest absolute Gasteiger partial charge is 0.303 e. The molecule has 1 aliphatic heterocycles. The molecular weight excluding hydrogens is 134 g/mol. The molecule has 1 rings (SSSR count). The van der Waals surface area contributed by atoms with Crippen molar-refractivity contribution in [2.75, 3.05) is 13.6 Å². The molecule has 0 aromatic carbocycles. The summed E-state index contributed by atoms with van der Waals surface area (Å²) < 4.78 is 0. The van der Waals surface area contributed by atoms with E-state index in [1.807, 2.05) is 0 Å². The van der Waals surface area contributed by atoms with Gasteiger partial charge in [-0.1, -0.05) is 19.1 Å². The van der Waals surface area contributed by atoms with Gasteiger partial charge in [-0.05, 0) is 39.3 Å². The zero-order chi connectivity index (χ0) is 8.10. The fraction of sp³-hybridized carbons (Fsp3) is 0.800. The number of hydrogen-bond acceptors (Lipinski definition) is 1. The molecule has 0 radical (unpaired) electrons. The normalized spacial score (nSPS) is 26.9. The molecule has 1 aliphatic rings. The first-order valence-electron chi connectivity index (χ1n) is 4.70. The monoisotopic (exact) mass is 153 g/mol. The lowest BCUT2D eigenvalue weighted by Gasteiger charge is -2.16. The zero-order valence-electron chi connectivity index (χ0n) is 7.71. The van der Waals surface area contributed by atoms with Crippen LogP contribution in [0, 0.1) is 0 Å². The lowest BCUT2D eigenvalue weighted by Crippen LogP contribution is -2.23. The van der Waals surface area contributed by atoms with Gasteiger partial charge in [0.05, 0.1) is 0 Å². The van der Waals surface area contributed by atoms with Crippen LogP contribution >= 0.6 is 0 Å². The maximum atomic E-state index is 2.47. The van der Waals surface area contributed by atoms with Crippen molar-refractivity contribution in [3.8, 4) is 0 Å². The molecule has 0 aromatic heterocycles. The van der Waals surface area contributed by atoms with E-state index in [-0.39, 0.29) is 0 Å². The maximum Gasteiger partial charge on any atom is 0.0127 e. The van der Waals surface area contributed by atoms with Gasteiger partial charge < -0.3 is 4.90 Å². The zero-order valence-corrected chi connectivity index (χ0v) is 7.71. The van der Waals surface area contributed by atoms with E-state index < -0.39 is 0 Å². The molecule has 1 atom stereocenters. The Bertz CT molecular complexity index is 129. The van der Waals surface area contributed by atoms with Crippen LogP contribution in [0.3, 0.4) is 0 Å². The Balaban J connectivity index is 2.20. The quantitative estimate of drug-likeness (QED) is 0.563. The second kappa shape index (κ2) is 4.55. The molecule has 0 saturated carbocycles. The van der Waals surface area contributed by atoms with Crippen molar-refractivity contribution in [2.45, 2.75) is 38.6 Å². The minimum absolute atomic E-state index is 0.831. The number of nitrogens with zero attached hydrogens (tertiary/aromatic N) is 1. The fourth-order valence-corrected chi connectivity index (χ4v) is 1.70. The molecule has 0 aliphatic carbocycles. The third-order valence-corrected chi connectivity index (χ3v) is 2.48. The van der Waals surface area contributed by atoms with Crippen molar-refractivity contribution in [2.24, 2.45) is 0 Å². The highest BCUT2D eigenvalue weighted by Crippen LogP contribution is 2.17.